The lowest BCUT2D eigenvalue weighted by Crippen LogP contribution is -2.62. The van der Waals surface area contributed by atoms with E-state index >= 15 is 0 Å². The second-order valence-electron chi connectivity index (χ2n) is 7.55. The van der Waals surface area contributed by atoms with Gasteiger partial charge in [-0.25, -0.2) is 0 Å². The average Bonchev–Trinajstić information content (AvgIpc) is 2.41. The van der Waals surface area contributed by atoms with E-state index in [1.807, 2.05) is 0 Å². The van der Waals surface area contributed by atoms with Crippen LogP contribution in [0.1, 0.15) is 85.5 Å². The van der Waals surface area contributed by atoms with Crippen molar-refractivity contribution in [3.05, 3.63) is 0 Å². The van der Waals surface area contributed by atoms with Crippen LogP contribution in [-0.4, -0.2) is 0 Å². The van der Waals surface area contributed by atoms with E-state index in [2.05, 4.69) is 27.7 Å². The predicted octanol–water partition coefficient (Wildman–Crippen LogP) is 6.30. The van der Waals surface area contributed by atoms with Gasteiger partial charge in [0.15, 0.2) is 0 Å². The van der Waals surface area contributed by atoms with Gasteiger partial charge in [0.05, 0.1) is 0 Å². The monoisotopic (exact) mass is 264 g/mol. The minimum atomic E-state index is 1.05. The molecular weight excluding hydrogens is 228 g/mol. The molecule has 6 atom stereocenters. The molecule has 2 saturated carbocycles. The predicted molar refractivity (Wildman–Crippen MR) is 85.2 cm³/mol. The number of hydrogen-bond acceptors (Lipinski definition) is 0. The molecule has 112 valence electrons. The number of unbranched alkanes of at least 4 members (excludes halogenated alkanes) is 5. The highest BCUT2D eigenvalue weighted by Gasteiger charge is 2.61. The highest BCUT2D eigenvalue weighted by Crippen LogP contribution is 2.66. The maximum atomic E-state index is 2.56. The van der Waals surface area contributed by atoms with Crippen molar-refractivity contribution in [2.24, 2.45) is 35.5 Å². The van der Waals surface area contributed by atoms with E-state index in [4.69, 9.17) is 0 Å². The Morgan fingerprint density at radius 2 is 1.00 bits per heavy atom. The zero-order chi connectivity index (χ0) is 13.8. The van der Waals surface area contributed by atoms with Crippen molar-refractivity contribution in [2.75, 3.05) is 0 Å². The van der Waals surface area contributed by atoms with Crippen LogP contribution in [0.25, 0.3) is 0 Å². The van der Waals surface area contributed by atoms with Crippen LogP contribution in [0.4, 0.5) is 0 Å². The van der Waals surface area contributed by atoms with Crippen LogP contribution in [0.2, 0.25) is 0 Å². The first kappa shape index (κ1) is 15.4. The molecule has 6 unspecified atom stereocenters. The van der Waals surface area contributed by atoms with Gasteiger partial charge >= 0.3 is 0 Å². The third-order valence-electron chi connectivity index (χ3n) is 6.53. The Hall–Kier alpha value is 0. The topological polar surface area (TPSA) is 0 Å². The van der Waals surface area contributed by atoms with Gasteiger partial charge < -0.3 is 0 Å². The van der Waals surface area contributed by atoms with Gasteiger partial charge in [0.1, 0.15) is 0 Å². The third-order valence-corrected chi connectivity index (χ3v) is 6.53. The van der Waals surface area contributed by atoms with Crippen molar-refractivity contribution in [1.82, 2.24) is 0 Å². The van der Waals surface area contributed by atoms with Gasteiger partial charge in [0.2, 0.25) is 0 Å². The molecule has 2 aliphatic rings. The van der Waals surface area contributed by atoms with Crippen LogP contribution in [0.5, 0.6) is 0 Å². The van der Waals surface area contributed by atoms with Crippen molar-refractivity contribution >= 4 is 0 Å². The normalized spacial score (nSPS) is 40.4. The smallest absolute Gasteiger partial charge is 0.0321 e. The molecule has 2 fully saturated rings. The minimum absolute atomic E-state index is 1.05. The largest absolute Gasteiger partial charge is 0.0654 e. The third kappa shape index (κ3) is 3.03. The molecule has 0 aromatic carbocycles. The molecule has 0 radical (unpaired) electrons. The standard InChI is InChI=1S/C19H36/c1-5-7-9-11-13-17-15(4)18-16(12-10-8-6-2)14(3)19(17)18/h14-19H,5-13H2,1-4H3. The highest BCUT2D eigenvalue weighted by atomic mass is 14.7. The van der Waals surface area contributed by atoms with Crippen molar-refractivity contribution in [3.8, 4) is 0 Å². The number of fused-ring (bicyclic) bond motifs is 1. The van der Waals surface area contributed by atoms with E-state index in [1.165, 1.54) is 57.8 Å². The van der Waals surface area contributed by atoms with E-state index in [0.29, 0.717) is 0 Å². The second kappa shape index (κ2) is 7.14. The van der Waals surface area contributed by atoms with Gasteiger partial charge in [-0.1, -0.05) is 72.6 Å². The summed E-state index contributed by atoms with van der Waals surface area (Å²) < 4.78 is 0. The van der Waals surface area contributed by atoms with Gasteiger partial charge in [-0.2, -0.15) is 0 Å². The molecule has 0 N–H and O–H groups in total. The summed E-state index contributed by atoms with van der Waals surface area (Å²) in [6.07, 6.45) is 13.2. The molecule has 0 aromatic rings. The van der Waals surface area contributed by atoms with E-state index < -0.39 is 0 Å². The minimum Gasteiger partial charge on any atom is -0.0654 e. The molecule has 0 bridgehead atoms. The molecule has 0 heterocycles. The molecule has 0 spiro atoms. The first-order valence-corrected chi connectivity index (χ1v) is 9.22. The lowest BCUT2D eigenvalue weighted by Gasteiger charge is -2.67. The number of rotatable bonds is 9. The van der Waals surface area contributed by atoms with E-state index in [0.717, 1.165) is 35.5 Å². The first-order valence-electron chi connectivity index (χ1n) is 9.22. The van der Waals surface area contributed by atoms with E-state index in [-0.39, 0.29) is 0 Å². The van der Waals surface area contributed by atoms with Gasteiger partial charge in [0.25, 0.3) is 0 Å². The van der Waals surface area contributed by atoms with Crippen LogP contribution in [0.3, 0.4) is 0 Å². The van der Waals surface area contributed by atoms with Crippen LogP contribution >= 0.6 is 0 Å². The molecule has 0 aromatic heterocycles. The summed E-state index contributed by atoms with van der Waals surface area (Å²) in [5.74, 6) is 6.55. The molecular formula is C19H36. The Morgan fingerprint density at radius 3 is 1.47 bits per heavy atom. The fraction of sp³-hybridized carbons (Fsp3) is 1.00. The molecule has 19 heavy (non-hydrogen) atoms. The van der Waals surface area contributed by atoms with E-state index in [1.54, 1.807) is 0 Å². The van der Waals surface area contributed by atoms with Crippen LogP contribution in [0, 0.1) is 35.5 Å². The lowest BCUT2D eigenvalue weighted by atomic mass is 9.37. The first-order chi connectivity index (χ1) is 9.22. The lowest BCUT2D eigenvalue weighted by molar-refractivity contribution is -0.197. The summed E-state index contributed by atoms with van der Waals surface area (Å²) in [7, 11) is 0. The molecule has 2 aliphatic carbocycles. The Kier molecular flexibility index (Phi) is 5.78. The molecule has 0 heteroatoms. The zero-order valence-corrected chi connectivity index (χ0v) is 13.8. The zero-order valence-electron chi connectivity index (χ0n) is 13.8. The van der Waals surface area contributed by atoms with Gasteiger partial charge in [-0.3, -0.25) is 0 Å². The van der Waals surface area contributed by atoms with Crippen molar-refractivity contribution < 1.29 is 0 Å². The van der Waals surface area contributed by atoms with Crippen LogP contribution < -0.4 is 0 Å². The van der Waals surface area contributed by atoms with Crippen LogP contribution in [-0.2, 0) is 0 Å². The Bertz CT molecular complexity index is 251. The summed E-state index contributed by atoms with van der Waals surface area (Å²) in [4.78, 5) is 0. The molecule has 0 aliphatic heterocycles. The Morgan fingerprint density at radius 1 is 0.579 bits per heavy atom. The second-order valence-corrected chi connectivity index (χ2v) is 7.55. The summed E-state index contributed by atoms with van der Waals surface area (Å²) in [6, 6.07) is 0. The molecule has 2 rings (SSSR count). The Labute approximate surface area is 121 Å². The van der Waals surface area contributed by atoms with Crippen molar-refractivity contribution in [2.45, 2.75) is 85.5 Å². The Balaban J connectivity index is 1.69. The average molecular weight is 264 g/mol. The number of hydrogen-bond donors (Lipinski definition) is 0. The maximum absolute atomic E-state index is 2.56. The molecule has 0 saturated heterocycles. The fourth-order valence-corrected chi connectivity index (χ4v) is 5.38. The summed E-state index contributed by atoms with van der Waals surface area (Å²) in [5.41, 5.74) is 0. The highest BCUT2D eigenvalue weighted by molar-refractivity contribution is 5.09. The summed E-state index contributed by atoms with van der Waals surface area (Å²) in [6.45, 7) is 9.76. The molecule has 0 nitrogen and oxygen atoms in total. The van der Waals surface area contributed by atoms with Crippen molar-refractivity contribution in [1.29, 1.82) is 0 Å². The van der Waals surface area contributed by atoms with Crippen LogP contribution in [0.15, 0.2) is 0 Å². The molecule has 0 amide bonds. The SMILES string of the molecule is CCCCCCC1C(C)C2C(CCCCC)C(C)C12. The summed E-state index contributed by atoms with van der Waals surface area (Å²) >= 11 is 0. The van der Waals surface area contributed by atoms with Crippen molar-refractivity contribution in [3.63, 3.8) is 0 Å². The quantitative estimate of drug-likeness (QED) is 0.429. The summed E-state index contributed by atoms with van der Waals surface area (Å²) in [5, 5.41) is 0. The maximum Gasteiger partial charge on any atom is -0.0321 e. The van der Waals surface area contributed by atoms with Gasteiger partial charge in [-0.15, -0.1) is 0 Å². The fourth-order valence-electron chi connectivity index (χ4n) is 5.38. The van der Waals surface area contributed by atoms with Gasteiger partial charge in [-0.05, 0) is 48.3 Å². The van der Waals surface area contributed by atoms with E-state index in [9.17, 15) is 0 Å². The van der Waals surface area contributed by atoms with Gasteiger partial charge in [0, 0.05) is 0 Å².